The Balaban J connectivity index is 0.000000183. The molecule has 4 aliphatic rings. The monoisotopic (exact) mass is 990 g/mol. The van der Waals surface area contributed by atoms with E-state index < -0.39 is 6.29 Å². The molecule has 364 valence electrons. The molecule has 17 heteroatoms. The Morgan fingerprint density at radius 2 is 1.06 bits per heavy atom. The Kier molecular flexibility index (Phi) is 21.2. The highest BCUT2D eigenvalue weighted by Gasteiger charge is 2.42. The number of benzene rings is 2. The number of aromatic nitrogens is 2. The van der Waals surface area contributed by atoms with E-state index in [1.165, 1.54) is 12.8 Å². The van der Waals surface area contributed by atoms with E-state index in [9.17, 15) is 9.59 Å². The average Bonchev–Trinajstić information content (AvgIpc) is 3.83. The second kappa shape index (κ2) is 27.7. The molecule has 4 aromatic rings. The van der Waals surface area contributed by atoms with Crippen molar-refractivity contribution in [1.82, 2.24) is 25.1 Å². The van der Waals surface area contributed by atoms with E-state index in [-0.39, 0.29) is 37.2 Å². The normalized spacial score (nSPS) is 19.3. The fourth-order valence-electron chi connectivity index (χ4n) is 8.48. The first kappa shape index (κ1) is 51.4. The van der Waals surface area contributed by atoms with Gasteiger partial charge in [0.15, 0.2) is 12.6 Å². The van der Waals surface area contributed by atoms with Crippen LogP contribution < -0.4 is 19.7 Å². The van der Waals surface area contributed by atoms with E-state index in [0.717, 1.165) is 47.2 Å². The van der Waals surface area contributed by atoms with E-state index in [2.05, 4.69) is 36.1 Å². The number of nitrogens with one attached hydrogen (secondary N) is 1. The number of carbonyl (C=O) groups is 2. The molecule has 2 aromatic carbocycles. The SMILES string of the molecule is CCOC(COc1cc(Br)ccn1)OCC.CCOC(COc1cc(N2C3CCC2CN(C(=O)OCc2ccccc2)C3)ccn1)OCC.O=C(OCc1ccccc1)N1CC2CCC(C1)N2. The van der Waals surface area contributed by atoms with Crippen LogP contribution in [0.15, 0.2) is 102 Å². The maximum atomic E-state index is 12.7. The molecular formula is C50H67BrN6O10. The van der Waals surface area contributed by atoms with E-state index in [1.54, 1.807) is 18.5 Å². The van der Waals surface area contributed by atoms with Gasteiger partial charge in [-0.3, -0.25) is 0 Å². The largest absolute Gasteiger partial charge is 0.472 e. The summed E-state index contributed by atoms with van der Waals surface area (Å²) in [5, 5.41) is 3.50. The van der Waals surface area contributed by atoms with Crippen molar-refractivity contribution in [2.45, 2.75) is 103 Å². The van der Waals surface area contributed by atoms with Gasteiger partial charge in [-0.05, 0) is 76.6 Å². The molecule has 0 saturated carbocycles. The minimum absolute atomic E-state index is 0.183. The Labute approximate surface area is 403 Å². The quantitative estimate of drug-likeness (QED) is 0.0897. The van der Waals surface area contributed by atoms with Crippen molar-refractivity contribution in [3.8, 4) is 11.8 Å². The summed E-state index contributed by atoms with van der Waals surface area (Å²) in [4.78, 5) is 39.1. The van der Waals surface area contributed by atoms with Gasteiger partial charge < -0.3 is 57.9 Å². The number of hydrogen-bond donors (Lipinski definition) is 1. The van der Waals surface area contributed by atoms with Crippen molar-refractivity contribution in [2.24, 2.45) is 0 Å². The summed E-state index contributed by atoms with van der Waals surface area (Å²) in [5.74, 6) is 1.10. The predicted molar refractivity (Wildman–Crippen MR) is 257 cm³/mol. The van der Waals surface area contributed by atoms with E-state index in [0.29, 0.717) is 83.2 Å². The summed E-state index contributed by atoms with van der Waals surface area (Å²) in [7, 11) is 0. The summed E-state index contributed by atoms with van der Waals surface area (Å²) in [6.45, 7) is 14.2. The molecule has 0 radical (unpaired) electrons. The molecule has 4 fully saturated rings. The molecule has 4 atom stereocenters. The molecule has 4 saturated heterocycles. The zero-order valence-electron chi connectivity index (χ0n) is 39.2. The summed E-state index contributed by atoms with van der Waals surface area (Å²) in [6.07, 6.45) is 6.70. The standard InChI is InChI=1S/C25H33N3O5.C14H18N2O2.C11H16BrNO3/c1-3-30-24(31-4-2)18-32-23-14-20(12-13-26-23)28-21-10-11-22(28)16-27(15-21)25(29)33-17-19-8-6-5-7-9-19;17-14(18-10-11-4-2-1-3-5-11)16-8-12-6-7-13(9-16)15-12;1-3-14-11(15-4-2)8-16-10-7-9(12)5-6-13-10/h5-9,12-14,21-22,24H,3-4,10-11,15-18H2,1-2H3;1-5,12-13,15H,6-10H2;5-7,11H,3-4,8H2,1-2H3. The molecule has 0 spiro atoms. The summed E-state index contributed by atoms with van der Waals surface area (Å²) in [5.41, 5.74) is 3.09. The number of ether oxygens (including phenoxy) is 8. The van der Waals surface area contributed by atoms with Crippen LogP contribution in [0.4, 0.5) is 15.3 Å². The lowest BCUT2D eigenvalue weighted by atomic mass is 10.1. The smallest absolute Gasteiger partial charge is 0.410 e. The minimum atomic E-state index is -0.410. The first-order valence-electron chi connectivity index (χ1n) is 23.5. The number of piperazine rings is 2. The van der Waals surface area contributed by atoms with Crippen LogP contribution in [0, 0.1) is 0 Å². The lowest BCUT2D eigenvalue weighted by Gasteiger charge is -2.42. The number of likely N-dealkylation sites (tertiary alicyclic amines) is 2. The molecule has 4 aliphatic heterocycles. The summed E-state index contributed by atoms with van der Waals surface area (Å²) >= 11 is 3.35. The topological polar surface area (TPSA) is 156 Å². The first-order valence-corrected chi connectivity index (χ1v) is 24.3. The number of nitrogens with zero attached hydrogens (tertiary/aromatic N) is 5. The van der Waals surface area contributed by atoms with E-state index in [1.807, 2.05) is 116 Å². The maximum absolute atomic E-state index is 12.7. The highest BCUT2D eigenvalue weighted by atomic mass is 79.9. The van der Waals surface area contributed by atoms with Gasteiger partial charge >= 0.3 is 12.2 Å². The third kappa shape index (κ3) is 16.6. The number of hydrogen-bond acceptors (Lipinski definition) is 14. The molecule has 4 bridgehead atoms. The van der Waals surface area contributed by atoms with Crippen molar-refractivity contribution in [3.63, 3.8) is 0 Å². The molecule has 8 rings (SSSR count). The van der Waals surface area contributed by atoms with Gasteiger partial charge in [-0.15, -0.1) is 0 Å². The molecule has 2 aromatic heterocycles. The minimum Gasteiger partial charge on any atom is -0.472 e. The molecule has 0 aliphatic carbocycles. The van der Waals surface area contributed by atoms with Crippen molar-refractivity contribution in [1.29, 1.82) is 0 Å². The Hall–Kier alpha value is -5.04. The Bertz CT molecular complexity index is 2020. The second-order valence-corrected chi connectivity index (χ2v) is 17.2. The van der Waals surface area contributed by atoms with Crippen LogP contribution in [0.1, 0.15) is 64.5 Å². The van der Waals surface area contributed by atoms with Gasteiger partial charge in [0.1, 0.15) is 26.4 Å². The number of halogens is 1. The van der Waals surface area contributed by atoms with Gasteiger partial charge in [-0.2, -0.15) is 0 Å². The number of fused-ring (bicyclic) bond motifs is 4. The highest BCUT2D eigenvalue weighted by Crippen LogP contribution is 2.36. The number of amides is 2. The lowest BCUT2D eigenvalue weighted by molar-refractivity contribution is -0.152. The average molecular weight is 992 g/mol. The molecule has 2 amide bonds. The molecule has 6 heterocycles. The van der Waals surface area contributed by atoms with Gasteiger partial charge in [0.25, 0.3) is 0 Å². The Morgan fingerprint density at radius 3 is 1.52 bits per heavy atom. The summed E-state index contributed by atoms with van der Waals surface area (Å²) < 4.78 is 44.9. The van der Waals surface area contributed by atoms with Crippen molar-refractivity contribution in [2.75, 3.05) is 70.7 Å². The Morgan fingerprint density at radius 1 is 0.612 bits per heavy atom. The van der Waals surface area contributed by atoms with Gasteiger partial charge in [0.2, 0.25) is 11.8 Å². The van der Waals surface area contributed by atoms with Crippen LogP contribution in [0.25, 0.3) is 0 Å². The maximum Gasteiger partial charge on any atom is 0.410 e. The van der Waals surface area contributed by atoms with E-state index >= 15 is 0 Å². The van der Waals surface area contributed by atoms with Gasteiger partial charge in [-0.25, -0.2) is 19.6 Å². The van der Waals surface area contributed by atoms with Gasteiger partial charge in [-0.1, -0.05) is 76.6 Å². The van der Waals surface area contributed by atoms with E-state index in [4.69, 9.17) is 37.9 Å². The fourth-order valence-corrected chi connectivity index (χ4v) is 8.80. The second-order valence-electron chi connectivity index (χ2n) is 16.3. The summed E-state index contributed by atoms with van der Waals surface area (Å²) in [6, 6.07) is 28.6. The molecule has 16 nitrogen and oxygen atoms in total. The van der Waals surface area contributed by atoms with Crippen molar-refractivity contribution < 1.29 is 47.5 Å². The fraction of sp³-hybridized carbons (Fsp3) is 0.520. The molecule has 4 unspecified atom stereocenters. The number of carbonyl (C=O) groups excluding carboxylic acids is 2. The number of pyridine rings is 2. The van der Waals surface area contributed by atoms with Crippen LogP contribution in [0.5, 0.6) is 11.8 Å². The van der Waals surface area contributed by atoms with Crippen molar-refractivity contribution >= 4 is 33.8 Å². The lowest BCUT2D eigenvalue weighted by Crippen LogP contribution is -2.55. The van der Waals surface area contributed by atoms with Gasteiger partial charge in [0, 0.05) is 111 Å². The van der Waals surface area contributed by atoms with Gasteiger partial charge in [0.05, 0.1) is 0 Å². The number of rotatable bonds is 19. The molecular weight excluding hydrogens is 924 g/mol. The first-order chi connectivity index (χ1) is 32.7. The van der Waals surface area contributed by atoms with Crippen LogP contribution >= 0.6 is 15.9 Å². The van der Waals surface area contributed by atoms with Crippen LogP contribution in [0.2, 0.25) is 0 Å². The zero-order chi connectivity index (χ0) is 47.2. The highest BCUT2D eigenvalue weighted by molar-refractivity contribution is 9.10. The zero-order valence-corrected chi connectivity index (χ0v) is 40.8. The molecule has 1 N–H and O–H groups in total. The van der Waals surface area contributed by atoms with Crippen LogP contribution in [0.3, 0.4) is 0 Å². The van der Waals surface area contributed by atoms with Crippen molar-refractivity contribution in [3.05, 3.63) is 113 Å². The predicted octanol–water partition coefficient (Wildman–Crippen LogP) is 8.23. The number of anilines is 1. The molecule has 67 heavy (non-hydrogen) atoms. The van der Waals surface area contributed by atoms with Crippen LogP contribution in [-0.4, -0.2) is 135 Å². The third-order valence-corrected chi connectivity index (χ3v) is 12.0. The van der Waals surface area contributed by atoms with Crippen LogP contribution in [-0.2, 0) is 41.6 Å². The third-order valence-electron chi connectivity index (χ3n) is 11.5.